The van der Waals surface area contributed by atoms with Gasteiger partial charge in [-0.15, -0.1) is 0 Å². The standard InChI is InChI=1S/C25H26Cl2FN3O2/c26-19-4-8-23-18(14-19)3-7-24(30-23)25(32)9-2-17-10-12-31(16-17)29-11-1-13-33-20-5-6-21(27)22(28)15-20/h3-8,14-15,17,29H,1-2,9-13,16H2. The van der Waals surface area contributed by atoms with Crippen LogP contribution < -0.4 is 10.2 Å². The monoisotopic (exact) mass is 489 g/mol. The van der Waals surface area contributed by atoms with E-state index in [1.165, 1.54) is 12.1 Å². The Bertz CT molecular complexity index is 1130. The van der Waals surface area contributed by atoms with E-state index in [0.717, 1.165) is 49.8 Å². The van der Waals surface area contributed by atoms with Crippen LogP contribution in [-0.4, -0.2) is 42.0 Å². The Hall–Kier alpha value is -2.25. The lowest BCUT2D eigenvalue weighted by Crippen LogP contribution is -2.37. The number of benzene rings is 2. The zero-order valence-corrected chi connectivity index (χ0v) is 19.7. The minimum absolute atomic E-state index is 0.0778. The highest BCUT2D eigenvalue weighted by Gasteiger charge is 2.23. The third-order valence-corrected chi connectivity index (χ3v) is 6.36. The van der Waals surface area contributed by atoms with Gasteiger partial charge >= 0.3 is 0 Å². The SMILES string of the molecule is O=C(CCC1CCN(NCCCOc2ccc(Cl)c(F)c2)C1)c1ccc2cc(Cl)ccc2n1. The Morgan fingerprint density at radius 3 is 2.91 bits per heavy atom. The van der Waals surface area contributed by atoms with Crippen molar-refractivity contribution in [3.63, 3.8) is 0 Å². The van der Waals surface area contributed by atoms with Crippen molar-refractivity contribution < 1.29 is 13.9 Å². The number of nitrogens with zero attached hydrogens (tertiary/aromatic N) is 2. The summed E-state index contributed by atoms with van der Waals surface area (Å²) in [6.45, 7) is 3.13. The summed E-state index contributed by atoms with van der Waals surface area (Å²) in [5, 5.41) is 3.89. The van der Waals surface area contributed by atoms with E-state index in [9.17, 15) is 9.18 Å². The molecule has 0 aliphatic carbocycles. The number of hydrazine groups is 1. The van der Waals surface area contributed by atoms with Crippen molar-refractivity contribution in [2.75, 3.05) is 26.2 Å². The van der Waals surface area contributed by atoms with Crippen molar-refractivity contribution in [3.05, 3.63) is 70.1 Å². The van der Waals surface area contributed by atoms with Crippen molar-refractivity contribution in [1.29, 1.82) is 0 Å². The lowest BCUT2D eigenvalue weighted by molar-refractivity contribution is 0.0968. The zero-order valence-electron chi connectivity index (χ0n) is 18.2. The van der Waals surface area contributed by atoms with Gasteiger partial charge in [-0.05, 0) is 61.6 Å². The molecule has 0 amide bonds. The van der Waals surface area contributed by atoms with Crippen molar-refractivity contribution in [2.45, 2.75) is 25.7 Å². The van der Waals surface area contributed by atoms with Gasteiger partial charge in [0.2, 0.25) is 0 Å². The summed E-state index contributed by atoms with van der Waals surface area (Å²) in [5.74, 6) is 0.561. The highest BCUT2D eigenvalue weighted by atomic mass is 35.5. The Morgan fingerprint density at radius 1 is 1.18 bits per heavy atom. The Morgan fingerprint density at radius 2 is 2.06 bits per heavy atom. The van der Waals surface area contributed by atoms with Crippen LogP contribution in [0.5, 0.6) is 5.75 Å². The van der Waals surface area contributed by atoms with E-state index >= 15 is 0 Å². The van der Waals surface area contributed by atoms with Gasteiger partial charge in [-0.25, -0.2) is 14.4 Å². The number of ether oxygens (including phenoxy) is 1. The lowest BCUT2D eigenvalue weighted by Gasteiger charge is -2.17. The first-order valence-electron chi connectivity index (χ1n) is 11.1. The number of ketones is 1. The average Bonchev–Trinajstić information content (AvgIpc) is 3.27. The third kappa shape index (κ3) is 6.64. The molecule has 174 valence electrons. The number of carbonyl (C=O) groups is 1. The number of nitrogens with one attached hydrogen (secondary N) is 1. The van der Waals surface area contributed by atoms with Crippen LogP contribution in [0.2, 0.25) is 10.0 Å². The smallest absolute Gasteiger partial charge is 0.181 e. The van der Waals surface area contributed by atoms with Gasteiger partial charge in [-0.1, -0.05) is 29.3 Å². The molecule has 1 N–H and O–H groups in total. The lowest BCUT2D eigenvalue weighted by atomic mass is 9.99. The second kappa shape index (κ2) is 11.3. The molecule has 1 saturated heterocycles. The summed E-state index contributed by atoms with van der Waals surface area (Å²) in [5.41, 5.74) is 4.71. The van der Waals surface area contributed by atoms with E-state index in [-0.39, 0.29) is 10.8 Å². The molecular weight excluding hydrogens is 464 g/mol. The van der Waals surface area contributed by atoms with Crippen molar-refractivity contribution in [2.24, 2.45) is 5.92 Å². The maximum atomic E-state index is 13.4. The summed E-state index contributed by atoms with van der Waals surface area (Å²) in [6, 6.07) is 13.6. The minimum Gasteiger partial charge on any atom is -0.493 e. The number of hydrogen-bond donors (Lipinski definition) is 1. The van der Waals surface area contributed by atoms with Crippen LogP contribution in [0.1, 0.15) is 36.2 Å². The van der Waals surface area contributed by atoms with Crippen LogP contribution in [0.15, 0.2) is 48.5 Å². The van der Waals surface area contributed by atoms with Crippen molar-refractivity contribution in [1.82, 2.24) is 15.4 Å². The maximum Gasteiger partial charge on any atom is 0.181 e. The van der Waals surface area contributed by atoms with E-state index in [1.54, 1.807) is 18.2 Å². The van der Waals surface area contributed by atoms with E-state index < -0.39 is 5.82 Å². The highest BCUT2D eigenvalue weighted by molar-refractivity contribution is 6.31. The molecule has 1 aliphatic rings. The molecule has 5 nitrogen and oxygen atoms in total. The number of carbonyl (C=O) groups excluding carboxylic acids is 1. The molecule has 1 unspecified atom stereocenters. The summed E-state index contributed by atoms with van der Waals surface area (Å²) in [7, 11) is 0. The van der Waals surface area contributed by atoms with E-state index in [2.05, 4.69) is 15.4 Å². The first-order valence-corrected chi connectivity index (χ1v) is 11.9. The molecule has 0 spiro atoms. The van der Waals surface area contributed by atoms with Gasteiger partial charge in [0, 0.05) is 42.5 Å². The normalized spacial score (nSPS) is 16.4. The molecule has 1 fully saturated rings. The van der Waals surface area contributed by atoms with Crippen LogP contribution in [0.3, 0.4) is 0 Å². The quantitative estimate of drug-likeness (QED) is 0.282. The molecule has 0 radical (unpaired) electrons. The van der Waals surface area contributed by atoms with Crippen LogP contribution in [-0.2, 0) is 0 Å². The molecule has 2 heterocycles. The highest BCUT2D eigenvalue weighted by Crippen LogP contribution is 2.23. The topological polar surface area (TPSA) is 54.5 Å². The molecule has 8 heteroatoms. The summed E-state index contributed by atoms with van der Waals surface area (Å²) in [6.07, 6.45) is 3.20. The van der Waals surface area contributed by atoms with Crippen LogP contribution in [0, 0.1) is 11.7 Å². The predicted octanol–water partition coefficient (Wildman–Crippen LogP) is 5.94. The van der Waals surface area contributed by atoms with Crippen LogP contribution in [0.25, 0.3) is 10.9 Å². The fourth-order valence-corrected chi connectivity index (χ4v) is 4.29. The minimum atomic E-state index is -0.477. The number of pyridine rings is 1. The first-order chi connectivity index (χ1) is 16.0. The van der Waals surface area contributed by atoms with Gasteiger partial charge in [0.25, 0.3) is 0 Å². The molecule has 4 rings (SSSR count). The molecule has 1 atom stereocenters. The number of rotatable bonds is 10. The number of hydrogen-bond acceptors (Lipinski definition) is 5. The molecule has 0 saturated carbocycles. The average molecular weight is 490 g/mol. The molecule has 0 bridgehead atoms. The van der Waals surface area contributed by atoms with Crippen LogP contribution >= 0.6 is 23.2 Å². The van der Waals surface area contributed by atoms with Gasteiger partial charge in [-0.3, -0.25) is 10.2 Å². The predicted molar refractivity (Wildman–Crippen MR) is 130 cm³/mol. The third-order valence-electron chi connectivity index (χ3n) is 5.82. The fourth-order valence-electron chi connectivity index (χ4n) is 3.99. The van der Waals surface area contributed by atoms with Crippen molar-refractivity contribution >= 4 is 39.9 Å². The largest absolute Gasteiger partial charge is 0.493 e. The van der Waals surface area contributed by atoms with E-state index in [0.29, 0.717) is 35.4 Å². The first kappa shape index (κ1) is 23.9. The molecule has 1 aliphatic heterocycles. The molecular formula is C25H26Cl2FN3O2. The maximum absolute atomic E-state index is 13.4. The number of halogens is 3. The van der Waals surface area contributed by atoms with Gasteiger partial charge in [-0.2, -0.15) is 0 Å². The van der Waals surface area contributed by atoms with E-state index in [1.807, 2.05) is 18.2 Å². The van der Waals surface area contributed by atoms with Gasteiger partial charge < -0.3 is 4.74 Å². The van der Waals surface area contributed by atoms with Crippen molar-refractivity contribution in [3.8, 4) is 5.75 Å². The second-order valence-corrected chi connectivity index (χ2v) is 9.13. The Balaban J connectivity index is 1.14. The number of aromatic nitrogens is 1. The summed E-state index contributed by atoms with van der Waals surface area (Å²) in [4.78, 5) is 17.1. The summed E-state index contributed by atoms with van der Waals surface area (Å²) >= 11 is 11.7. The van der Waals surface area contributed by atoms with E-state index in [4.69, 9.17) is 27.9 Å². The van der Waals surface area contributed by atoms with Gasteiger partial charge in [0.15, 0.2) is 5.78 Å². The van der Waals surface area contributed by atoms with Gasteiger partial charge in [0.05, 0.1) is 17.1 Å². The molecule has 1 aromatic heterocycles. The Kier molecular flexibility index (Phi) is 8.15. The second-order valence-electron chi connectivity index (χ2n) is 8.28. The molecule has 2 aromatic carbocycles. The zero-order chi connectivity index (χ0) is 23.2. The molecule has 33 heavy (non-hydrogen) atoms. The van der Waals surface area contributed by atoms with Crippen LogP contribution in [0.4, 0.5) is 4.39 Å². The number of Topliss-reactive ketones (excluding diaryl/α,β-unsaturated/α-hetero) is 1. The Labute approximate surface area is 202 Å². The van der Waals surface area contributed by atoms with Gasteiger partial charge in [0.1, 0.15) is 17.3 Å². The molecule has 3 aromatic rings. The summed E-state index contributed by atoms with van der Waals surface area (Å²) < 4.78 is 19.0. The number of fused-ring (bicyclic) bond motifs is 1. The fraction of sp³-hybridized carbons (Fsp3) is 0.360.